The van der Waals surface area contributed by atoms with Crippen molar-refractivity contribution >= 4 is 28.6 Å². The number of carbonyl (C=O) groups excluding carboxylic acids is 3. The second-order valence-corrected chi connectivity index (χ2v) is 8.57. The van der Waals surface area contributed by atoms with Gasteiger partial charge >= 0.3 is 0 Å². The predicted octanol–water partition coefficient (Wildman–Crippen LogP) is 1.93. The lowest BCUT2D eigenvalue weighted by molar-refractivity contribution is -0.139. The van der Waals surface area contributed by atoms with E-state index in [2.05, 4.69) is 15.6 Å². The van der Waals surface area contributed by atoms with E-state index in [0.29, 0.717) is 25.8 Å². The smallest absolute Gasteiger partial charge is 0.246 e. The number of rotatable bonds is 4. The minimum atomic E-state index is -0.733. The van der Waals surface area contributed by atoms with E-state index in [1.165, 1.54) is 0 Å². The van der Waals surface area contributed by atoms with Crippen molar-refractivity contribution in [3.63, 3.8) is 0 Å². The molecule has 164 valence electrons. The Bertz CT molecular complexity index is 1160. The SMILES string of the molecule is O=C1N[C@H](Cc2ccccc2)C(=O)N[C@H](Cc2c[nH]c3ccccc23)C(=O)N2CCC[C@H]12. The quantitative estimate of drug-likeness (QED) is 0.590. The molecule has 3 aromatic rings. The number of nitrogens with one attached hydrogen (secondary N) is 3. The first kappa shape index (κ1) is 20.3. The van der Waals surface area contributed by atoms with Gasteiger partial charge in [-0.25, -0.2) is 0 Å². The second-order valence-electron chi connectivity index (χ2n) is 8.57. The topological polar surface area (TPSA) is 94.3 Å². The van der Waals surface area contributed by atoms with E-state index in [1.807, 2.05) is 60.8 Å². The van der Waals surface area contributed by atoms with Gasteiger partial charge < -0.3 is 20.5 Å². The van der Waals surface area contributed by atoms with Gasteiger partial charge in [0.2, 0.25) is 17.7 Å². The Balaban J connectivity index is 1.46. The Kier molecular flexibility index (Phi) is 5.39. The molecular formula is C25H26N4O3. The van der Waals surface area contributed by atoms with Crippen LogP contribution in [0, 0.1) is 0 Å². The van der Waals surface area contributed by atoms with E-state index < -0.39 is 18.1 Å². The maximum Gasteiger partial charge on any atom is 0.246 e. The molecule has 0 saturated carbocycles. The number of benzene rings is 2. The van der Waals surface area contributed by atoms with Crippen molar-refractivity contribution in [3.05, 3.63) is 71.9 Å². The Morgan fingerprint density at radius 3 is 2.44 bits per heavy atom. The van der Waals surface area contributed by atoms with Crippen LogP contribution in [0.15, 0.2) is 60.8 Å². The molecule has 2 saturated heterocycles. The average Bonchev–Trinajstić information content (AvgIpc) is 3.46. The molecule has 0 aliphatic carbocycles. The summed E-state index contributed by atoms with van der Waals surface area (Å²) in [7, 11) is 0. The molecule has 3 N–H and O–H groups in total. The van der Waals surface area contributed by atoms with Gasteiger partial charge in [-0.15, -0.1) is 0 Å². The predicted molar refractivity (Wildman–Crippen MR) is 121 cm³/mol. The summed E-state index contributed by atoms with van der Waals surface area (Å²) in [6, 6.07) is 15.5. The molecule has 7 nitrogen and oxygen atoms in total. The lowest BCUT2D eigenvalue weighted by Gasteiger charge is -2.26. The van der Waals surface area contributed by atoms with Crippen molar-refractivity contribution in [3.8, 4) is 0 Å². The monoisotopic (exact) mass is 430 g/mol. The van der Waals surface area contributed by atoms with Crippen molar-refractivity contribution in [2.75, 3.05) is 6.54 Å². The number of fused-ring (bicyclic) bond motifs is 2. The molecule has 0 bridgehead atoms. The number of nitrogens with zero attached hydrogens (tertiary/aromatic N) is 1. The fraction of sp³-hybridized carbons (Fsp3) is 0.320. The standard InChI is InChI=1S/C25H26N4O3/c30-23-20(13-16-7-2-1-3-8-16)27-24(31)22-11-6-12-29(22)25(32)21(28-23)14-17-15-26-19-10-5-4-9-18(17)19/h1-5,7-10,15,20-22,26H,6,11-14H2,(H,27,31)(H,28,30)/t20-,21-,22-/m1/s1. The van der Waals surface area contributed by atoms with Crippen LogP contribution in [0.3, 0.4) is 0 Å². The number of carbonyl (C=O) groups is 3. The molecule has 0 spiro atoms. The van der Waals surface area contributed by atoms with Gasteiger partial charge in [0.25, 0.3) is 0 Å². The van der Waals surface area contributed by atoms with Crippen LogP contribution in [-0.4, -0.2) is 52.3 Å². The van der Waals surface area contributed by atoms with Gasteiger partial charge in [0, 0.05) is 36.5 Å². The van der Waals surface area contributed by atoms with Gasteiger partial charge in [-0.05, 0) is 30.0 Å². The fourth-order valence-corrected chi connectivity index (χ4v) is 4.82. The molecule has 7 heteroatoms. The molecule has 2 fully saturated rings. The largest absolute Gasteiger partial charge is 0.361 e. The molecule has 0 unspecified atom stereocenters. The number of aromatic amines is 1. The number of aromatic nitrogens is 1. The third-order valence-corrected chi connectivity index (χ3v) is 6.47. The molecular weight excluding hydrogens is 404 g/mol. The van der Waals surface area contributed by atoms with Crippen LogP contribution in [0.1, 0.15) is 24.0 Å². The number of H-pyrrole nitrogens is 1. The minimum absolute atomic E-state index is 0.193. The summed E-state index contributed by atoms with van der Waals surface area (Å²) in [6.07, 6.45) is 4.02. The van der Waals surface area contributed by atoms with Gasteiger partial charge in [-0.3, -0.25) is 14.4 Å². The third-order valence-electron chi connectivity index (χ3n) is 6.47. The number of hydrogen-bond donors (Lipinski definition) is 3. The highest BCUT2D eigenvalue weighted by Gasteiger charge is 2.41. The van der Waals surface area contributed by atoms with Gasteiger partial charge in [0.15, 0.2) is 0 Å². The molecule has 32 heavy (non-hydrogen) atoms. The minimum Gasteiger partial charge on any atom is -0.361 e. The first-order valence-corrected chi connectivity index (χ1v) is 11.1. The zero-order chi connectivity index (χ0) is 22.1. The second kappa shape index (κ2) is 8.49. The summed E-state index contributed by atoms with van der Waals surface area (Å²) in [5.41, 5.74) is 2.91. The molecule has 3 heterocycles. The zero-order valence-electron chi connectivity index (χ0n) is 17.7. The summed E-state index contributed by atoms with van der Waals surface area (Å²) in [6.45, 7) is 0.528. The summed E-state index contributed by atoms with van der Waals surface area (Å²) in [5, 5.41) is 6.89. The van der Waals surface area contributed by atoms with Crippen molar-refractivity contribution in [1.29, 1.82) is 0 Å². The fourth-order valence-electron chi connectivity index (χ4n) is 4.82. The molecule has 5 rings (SSSR count). The molecule has 2 aliphatic heterocycles. The molecule has 1 aromatic heterocycles. The summed E-state index contributed by atoms with van der Waals surface area (Å²) in [4.78, 5) is 44.6. The van der Waals surface area contributed by atoms with E-state index in [9.17, 15) is 14.4 Å². The van der Waals surface area contributed by atoms with Crippen LogP contribution in [-0.2, 0) is 27.2 Å². The zero-order valence-corrected chi connectivity index (χ0v) is 17.7. The summed E-state index contributed by atoms with van der Waals surface area (Å²) in [5.74, 6) is -0.775. The van der Waals surface area contributed by atoms with Crippen molar-refractivity contribution in [1.82, 2.24) is 20.5 Å². The van der Waals surface area contributed by atoms with E-state index in [0.717, 1.165) is 28.5 Å². The van der Waals surface area contributed by atoms with Gasteiger partial charge in [0.05, 0.1) is 0 Å². The first-order chi connectivity index (χ1) is 15.6. The lowest BCUT2D eigenvalue weighted by Crippen LogP contribution is -2.52. The van der Waals surface area contributed by atoms with Gasteiger partial charge in [-0.2, -0.15) is 0 Å². The average molecular weight is 431 g/mol. The van der Waals surface area contributed by atoms with E-state index in [4.69, 9.17) is 0 Å². The highest BCUT2D eigenvalue weighted by Crippen LogP contribution is 2.24. The Morgan fingerprint density at radius 1 is 0.844 bits per heavy atom. The van der Waals surface area contributed by atoms with Gasteiger partial charge in [0.1, 0.15) is 18.1 Å². The van der Waals surface area contributed by atoms with Crippen molar-refractivity contribution in [2.45, 2.75) is 43.8 Å². The van der Waals surface area contributed by atoms with Crippen molar-refractivity contribution in [2.24, 2.45) is 0 Å². The van der Waals surface area contributed by atoms with E-state index in [1.54, 1.807) is 4.90 Å². The maximum absolute atomic E-state index is 13.5. The highest BCUT2D eigenvalue weighted by atomic mass is 16.2. The first-order valence-electron chi connectivity index (χ1n) is 11.1. The number of para-hydroxylation sites is 1. The number of amides is 3. The Morgan fingerprint density at radius 2 is 1.59 bits per heavy atom. The van der Waals surface area contributed by atoms with Crippen LogP contribution in [0.25, 0.3) is 10.9 Å². The molecule has 3 amide bonds. The van der Waals surface area contributed by atoms with Crippen LogP contribution in [0.2, 0.25) is 0 Å². The Labute approximate surface area is 186 Å². The molecule has 3 atom stereocenters. The van der Waals surface area contributed by atoms with Crippen molar-refractivity contribution < 1.29 is 14.4 Å². The highest BCUT2D eigenvalue weighted by molar-refractivity contribution is 5.98. The molecule has 2 aromatic carbocycles. The van der Waals surface area contributed by atoms with Gasteiger partial charge in [-0.1, -0.05) is 48.5 Å². The normalized spacial score (nSPS) is 23.8. The molecule has 0 radical (unpaired) electrons. The third kappa shape index (κ3) is 3.86. The van der Waals surface area contributed by atoms with Crippen LogP contribution in [0.5, 0.6) is 0 Å². The number of hydrogen-bond acceptors (Lipinski definition) is 3. The summed E-state index contributed by atoms with van der Waals surface area (Å²) >= 11 is 0. The van der Waals surface area contributed by atoms with E-state index >= 15 is 0 Å². The van der Waals surface area contributed by atoms with Crippen LogP contribution < -0.4 is 10.6 Å². The van der Waals surface area contributed by atoms with E-state index in [-0.39, 0.29) is 17.7 Å². The maximum atomic E-state index is 13.5. The molecule has 2 aliphatic rings. The van der Waals surface area contributed by atoms with Crippen LogP contribution in [0.4, 0.5) is 0 Å². The summed E-state index contributed by atoms with van der Waals surface area (Å²) < 4.78 is 0. The van der Waals surface area contributed by atoms with Crippen LogP contribution >= 0.6 is 0 Å². The lowest BCUT2D eigenvalue weighted by atomic mass is 10.0. The Hall–Kier alpha value is -3.61.